The first-order valence-corrected chi connectivity index (χ1v) is 10.1. The maximum absolute atomic E-state index is 12.8. The van der Waals surface area contributed by atoms with E-state index in [1.54, 1.807) is 0 Å². The summed E-state index contributed by atoms with van der Waals surface area (Å²) in [5.74, 6) is 1.01. The number of halogens is 2. The smallest absolute Gasteiger partial charge is 0.226 e. The predicted molar refractivity (Wildman–Crippen MR) is 112 cm³/mol. The molecule has 2 unspecified atom stereocenters. The second-order valence-corrected chi connectivity index (χ2v) is 8.21. The highest BCUT2D eigenvalue weighted by molar-refractivity contribution is 5.85. The number of piperazine rings is 1. The maximum atomic E-state index is 12.8. The van der Waals surface area contributed by atoms with Crippen molar-refractivity contribution >= 4 is 30.7 Å². The van der Waals surface area contributed by atoms with Gasteiger partial charge in [0.2, 0.25) is 5.91 Å². The second kappa shape index (κ2) is 11.1. The third-order valence-corrected chi connectivity index (χ3v) is 6.77. The molecule has 0 bridgehead atoms. The number of carbonyl (C=O) groups is 1. The Balaban J connectivity index is 0.00000169. The zero-order valence-electron chi connectivity index (χ0n) is 16.4. The summed E-state index contributed by atoms with van der Waals surface area (Å²) < 4.78 is 0. The molecule has 0 aromatic rings. The van der Waals surface area contributed by atoms with Crippen molar-refractivity contribution in [2.45, 2.75) is 58.0 Å². The summed E-state index contributed by atoms with van der Waals surface area (Å²) in [6.45, 7) is 11.6. The van der Waals surface area contributed by atoms with Gasteiger partial charge in [-0.3, -0.25) is 14.6 Å². The Morgan fingerprint density at radius 3 is 2.12 bits per heavy atom. The molecule has 1 saturated carbocycles. The van der Waals surface area contributed by atoms with Crippen LogP contribution < -0.4 is 5.73 Å². The Morgan fingerprint density at radius 2 is 1.54 bits per heavy atom. The lowest BCUT2D eigenvalue weighted by Crippen LogP contribution is -2.52. The molecule has 26 heavy (non-hydrogen) atoms. The molecule has 1 amide bonds. The maximum Gasteiger partial charge on any atom is 0.226 e. The number of amides is 1. The van der Waals surface area contributed by atoms with E-state index in [0.29, 0.717) is 18.4 Å². The summed E-state index contributed by atoms with van der Waals surface area (Å²) in [4.78, 5) is 20.1. The SMILES string of the molecule is CC1CCC(C)N1CCN1CCN(C(=O)[C@@H]2CCC[C@@H]2CN)CC1.Cl.Cl. The standard InChI is InChI=1S/C19H36N4O.2ClH/c1-15-6-7-16(2)23(15)13-10-21-8-11-22(12-9-21)19(24)18-5-3-4-17(18)14-20;;/h15-18H,3-14,20H2,1-2H3;2*1H/t15?,16?,17-,18-;;/m1../s1. The van der Waals surface area contributed by atoms with E-state index in [0.717, 1.165) is 57.6 Å². The molecule has 7 heteroatoms. The molecular formula is C19H38Cl2N4O. The number of nitrogens with two attached hydrogens (primary N) is 1. The Kier molecular flexibility index (Phi) is 10.2. The molecule has 0 aromatic carbocycles. The molecule has 0 spiro atoms. The van der Waals surface area contributed by atoms with Crippen molar-refractivity contribution < 1.29 is 4.79 Å². The van der Waals surface area contributed by atoms with Crippen LogP contribution in [0.15, 0.2) is 0 Å². The van der Waals surface area contributed by atoms with E-state index in [1.807, 2.05) is 0 Å². The van der Waals surface area contributed by atoms with E-state index in [1.165, 1.54) is 25.8 Å². The Hall–Kier alpha value is -0.0700. The number of hydrogen-bond acceptors (Lipinski definition) is 4. The van der Waals surface area contributed by atoms with Crippen molar-refractivity contribution in [3.05, 3.63) is 0 Å². The van der Waals surface area contributed by atoms with Crippen LogP contribution in [0.3, 0.4) is 0 Å². The molecular weight excluding hydrogens is 371 g/mol. The van der Waals surface area contributed by atoms with Gasteiger partial charge >= 0.3 is 0 Å². The van der Waals surface area contributed by atoms with E-state index in [-0.39, 0.29) is 30.7 Å². The molecule has 4 atom stereocenters. The molecule has 154 valence electrons. The highest BCUT2D eigenvalue weighted by Crippen LogP contribution is 2.32. The van der Waals surface area contributed by atoms with Crippen LogP contribution in [0.25, 0.3) is 0 Å². The fourth-order valence-corrected chi connectivity index (χ4v) is 5.02. The quantitative estimate of drug-likeness (QED) is 0.757. The molecule has 3 rings (SSSR count). The minimum Gasteiger partial charge on any atom is -0.340 e. The number of nitrogens with zero attached hydrogens (tertiary/aromatic N) is 3. The van der Waals surface area contributed by atoms with Crippen LogP contribution in [0, 0.1) is 11.8 Å². The topological polar surface area (TPSA) is 52.8 Å². The number of carbonyl (C=O) groups excluding carboxylic acids is 1. The van der Waals surface area contributed by atoms with Crippen molar-refractivity contribution in [3.63, 3.8) is 0 Å². The first-order valence-electron chi connectivity index (χ1n) is 10.1. The van der Waals surface area contributed by atoms with Crippen LogP contribution in [0.5, 0.6) is 0 Å². The third kappa shape index (κ3) is 5.48. The minimum absolute atomic E-state index is 0. The van der Waals surface area contributed by atoms with Gasteiger partial charge in [0.25, 0.3) is 0 Å². The molecule has 3 fully saturated rings. The molecule has 1 aliphatic carbocycles. The van der Waals surface area contributed by atoms with Crippen molar-refractivity contribution in [1.82, 2.24) is 14.7 Å². The Morgan fingerprint density at radius 1 is 0.923 bits per heavy atom. The lowest BCUT2D eigenvalue weighted by molar-refractivity contribution is -0.138. The van der Waals surface area contributed by atoms with Gasteiger partial charge in [-0.1, -0.05) is 6.42 Å². The van der Waals surface area contributed by atoms with Crippen LogP contribution in [0.1, 0.15) is 46.0 Å². The predicted octanol–water partition coefficient (Wildman–Crippen LogP) is 2.22. The number of hydrogen-bond donors (Lipinski definition) is 1. The van der Waals surface area contributed by atoms with Gasteiger partial charge < -0.3 is 10.6 Å². The molecule has 2 saturated heterocycles. The monoisotopic (exact) mass is 408 g/mol. The van der Waals surface area contributed by atoms with Crippen LogP contribution in [0.4, 0.5) is 0 Å². The van der Waals surface area contributed by atoms with Gasteiger partial charge in [-0.25, -0.2) is 0 Å². The summed E-state index contributed by atoms with van der Waals surface area (Å²) >= 11 is 0. The Labute approximate surface area is 171 Å². The van der Waals surface area contributed by atoms with Crippen LogP contribution >= 0.6 is 24.8 Å². The molecule has 2 N–H and O–H groups in total. The molecule has 2 aliphatic heterocycles. The van der Waals surface area contributed by atoms with Gasteiger partial charge in [0, 0.05) is 57.3 Å². The summed E-state index contributed by atoms with van der Waals surface area (Å²) in [6.07, 6.45) is 6.04. The lowest BCUT2D eigenvalue weighted by Gasteiger charge is -2.38. The van der Waals surface area contributed by atoms with Crippen molar-refractivity contribution in [1.29, 1.82) is 0 Å². The van der Waals surface area contributed by atoms with E-state index >= 15 is 0 Å². The molecule has 5 nitrogen and oxygen atoms in total. The van der Waals surface area contributed by atoms with Crippen molar-refractivity contribution in [2.24, 2.45) is 17.6 Å². The summed E-state index contributed by atoms with van der Waals surface area (Å²) in [7, 11) is 0. The van der Waals surface area contributed by atoms with Gasteiger partial charge in [0.1, 0.15) is 0 Å². The highest BCUT2D eigenvalue weighted by atomic mass is 35.5. The fraction of sp³-hybridized carbons (Fsp3) is 0.947. The zero-order chi connectivity index (χ0) is 17.1. The lowest BCUT2D eigenvalue weighted by atomic mass is 9.94. The van der Waals surface area contributed by atoms with E-state index < -0.39 is 0 Å². The van der Waals surface area contributed by atoms with Gasteiger partial charge in [-0.15, -0.1) is 24.8 Å². The molecule has 0 aromatic heterocycles. The normalized spacial score (nSPS) is 33.0. The zero-order valence-corrected chi connectivity index (χ0v) is 18.1. The van der Waals surface area contributed by atoms with Crippen LogP contribution in [-0.2, 0) is 4.79 Å². The second-order valence-electron chi connectivity index (χ2n) is 8.21. The number of rotatable bonds is 5. The number of likely N-dealkylation sites (tertiary alicyclic amines) is 1. The van der Waals surface area contributed by atoms with Crippen molar-refractivity contribution in [2.75, 3.05) is 45.8 Å². The fourth-order valence-electron chi connectivity index (χ4n) is 5.02. The van der Waals surface area contributed by atoms with Gasteiger partial charge in [0.05, 0.1) is 0 Å². The first kappa shape index (κ1) is 24.0. The molecule has 3 aliphatic rings. The largest absolute Gasteiger partial charge is 0.340 e. The summed E-state index contributed by atoms with van der Waals surface area (Å²) in [5, 5.41) is 0. The third-order valence-electron chi connectivity index (χ3n) is 6.77. The van der Waals surface area contributed by atoms with Crippen LogP contribution in [-0.4, -0.2) is 78.5 Å². The van der Waals surface area contributed by atoms with Crippen molar-refractivity contribution in [3.8, 4) is 0 Å². The van der Waals surface area contributed by atoms with Gasteiger partial charge in [-0.2, -0.15) is 0 Å². The minimum atomic E-state index is 0. The van der Waals surface area contributed by atoms with Crippen LogP contribution in [0.2, 0.25) is 0 Å². The average Bonchev–Trinajstić information content (AvgIpc) is 3.20. The van der Waals surface area contributed by atoms with E-state index in [9.17, 15) is 4.79 Å². The van der Waals surface area contributed by atoms with E-state index in [4.69, 9.17) is 5.73 Å². The van der Waals surface area contributed by atoms with Gasteiger partial charge in [-0.05, 0) is 52.0 Å². The summed E-state index contributed by atoms with van der Waals surface area (Å²) in [5.41, 5.74) is 5.85. The van der Waals surface area contributed by atoms with Gasteiger partial charge in [0.15, 0.2) is 0 Å². The average molecular weight is 409 g/mol. The molecule has 2 heterocycles. The first-order chi connectivity index (χ1) is 11.6. The van der Waals surface area contributed by atoms with E-state index in [2.05, 4.69) is 28.5 Å². The Bertz CT molecular complexity index is 422. The molecule has 0 radical (unpaired) electrons. The highest BCUT2D eigenvalue weighted by Gasteiger charge is 2.35. The summed E-state index contributed by atoms with van der Waals surface area (Å²) in [6, 6.07) is 1.47.